The lowest BCUT2D eigenvalue weighted by Crippen LogP contribution is -2.58. The van der Waals surface area contributed by atoms with Gasteiger partial charge >= 0.3 is 0 Å². The van der Waals surface area contributed by atoms with Gasteiger partial charge in [0, 0.05) is 13.1 Å². The molecular formula is C30H33N3O5S. The first-order chi connectivity index (χ1) is 18.8. The molecule has 1 aliphatic carbocycles. The molecule has 39 heavy (non-hydrogen) atoms. The lowest BCUT2D eigenvalue weighted by Gasteiger charge is -2.34. The molecule has 3 aromatic carbocycles. The van der Waals surface area contributed by atoms with E-state index in [1.807, 2.05) is 43.3 Å². The Balaban J connectivity index is 1.32. The van der Waals surface area contributed by atoms with Gasteiger partial charge in [0.2, 0.25) is 21.8 Å². The van der Waals surface area contributed by atoms with E-state index in [1.54, 1.807) is 12.1 Å². The van der Waals surface area contributed by atoms with E-state index in [0.29, 0.717) is 0 Å². The molecule has 0 radical (unpaired) electrons. The number of rotatable bonds is 7. The molecule has 0 bridgehead atoms. The summed E-state index contributed by atoms with van der Waals surface area (Å²) in [5.41, 5.74) is 6.03. The molecule has 0 aromatic heterocycles. The van der Waals surface area contributed by atoms with Crippen molar-refractivity contribution in [2.45, 2.75) is 56.2 Å². The van der Waals surface area contributed by atoms with Gasteiger partial charge in [-0.1, -0.05) is 54.1 Å². The molecule has 1 heterocycles. The SMILES string of the molecule is Cc1ccc(S(=O)(=O)N2CCNC(=O)[C@H]2CC(=O)N[C@@H]2CCCc3cc(-c4cccc(CO)c4)ccc32)cc1. The van der Waals surface area contributed by atoms with Crippen molar-refractivity contribution in [2.75, 3.05) is 13.1 Å². The number of hydrogen-bond acceptors (Lipinski definition) is 5. The second kappa shape index (κ2) is 11.3. The van der Waals surface area contributed by atoms with Crippen molar-refractivity contribution in [2.24, 2.45) is 0 Å². The minimum atomic E-state index is -3.95. The van der Waals surface area contributed by atoms with E-state index < -0.39 is 22.0 Å². The molecule has 0 unspecified atom stereocenters. The number of aliphatic hydroxyl groups excluding tert-OH is 1. The first-order valence-electron chi connectivity index (χ1n) is 13.2. The highest BCUT2D eigenvalue weighted by molar-refractivity contribution is 7.89. The van der Waals surface area contributed by atoms with Gasteiger partial charge in [0.05, 0.1) is 24.0 Å². The number of amides is 2. The van der Waals surface area contributed by atoms with Crippen LogP contribution in [0, 0.1) is 6.92 Å². The van der Waals surface area contributed by atoms with Gasteiger partial charge in [-0.15, -0.1) is 0 Å². The minimum Gasteiger partial charge on any atom is -0.392 e. The maximum atomic E-state index is 13.4. The molecule has 8 nitrogen and oxygen atoms in total. The zero-order valence-electron chi connectivity index (χ0n) is 21.9. The Morgan fingerprint density at radius 1 is 1.08 bits per heavy atom. The first-order valence-corrected chi connectivity index (χ1v) is 14.7. The quantitative estimate of drug-likeness (QED) is 0.420. The number of nitrogens with one attached hydrogen (secondary N) is 2. The third kappa shape index (κ3) is 5.75. The number of benzene rings is 3. The number of aliphatic hydroxyl groups is 1. The van der Waals surface area contributed by atoms with Crippen molar-refractivity contribution >= 4 is 21.8 Å². The second-order valence-electron chi connectivity index (χ2n) is 10.2. The van der Waals surface area contributed by atoms with Crippen molar-refractivity contribution in [3.63, 3.8) is 0 Å². The van der Waals surface area contributed by atoms with Crippen LogP contribution < -0.4 is 10.6 Å². The van der Waals surface area contributed by atoms with Gasteiger partial charge in [-0.25, -0.2) is 8.42 Å². The van der Waals surface area contributed by atoms with Gasteiger partial charge in [-0.3, -0.25) is 9.59 Å². The highest BCUT2D eigenvalue weighted by Gasteiger charge is 2.40. The van der Waals surface area contributed by atoms with Gasteiger partial charge in [0.25, 0.3) is 0 Å². The average Bonchev–Trinajstić information content (AvgIpc) is 2.94. The largest absolute Gasteiger partial charge is 0.392 e. The molecule has 1 saturated heterocycles. The summed E-state index contributed by atoms with van der Waals surface area (Å²) in [5, 5.41) is 15.3. The molecule has 1 fully saturated rings. The van der Waals surface area contributed by atoms with Crippen LogP contribution in [-0.4, -0.2) is 48.8 Å². The molecule has 9 heteroatoms. The fourth-order valence-corrected chi connectivity index (χ4v) is 7.03. The third-order valence-corrected chi connectivity index (χ3v) is 9.45. The zero-order chi connectivity index (χ0) is 27.6. The lowest BCUT2D eigenvalue weighted by molar-refractivity contribution is -0.132. The maximum absolute atomic E-state index is 13.4. The summed E-state index contributed by atoms with van der Waals surface area (Å²) >= 11 is 0. The van der Waals surface area contributed by atoms with Crippen LogP contribution in [0.3, 0.4) is 0 Å². The Hall–Kier alpha value is -3.53. The van der Waals surface area contributed by atoms with E-state index in [4.69, 9.17) is 0 Å². The summed E-state index contributed by atoms with van der Waals surface area (Å²) in [6, 6.07) is 19.1. The van der Waals surface area contributed by atoms with E-state index in [0.717, 1.165) is 56.9 Å². The number of aryl methyl sites for hydroxylation is 2. The molecule has 3 aromatic rings. The fourth-order valence-electron chi connectivity index (χ4n) is 5.44. The number of fused-ring (bicyclic) bond motifs is 1. The van der Waals surface area contributed by atoms with Crippen LogP contribution in [0.5, 0.6) is 0 Å². The lowest BCUT2D eigenvalue weighted by atomic mass is 9.85. The Labute approximate surface area is 229 Å². The smallest absolute Gasteiger partial charge is 0.243 e. The number of hydrogen-bond donors (Lipinski definition) is 3. The van der Waals surface area contributed by atoms with E-state index in [2.05, 4.69) is 16.7 Å². The molecule has 2 aliphatic rings. The summed E-state index contributed by atoms with van der Waals surface area (Å²) in [4.78, 5) is 26.1. The van der Waals surface area contributed by atoms with Crippen LogP contribution in [-0.2, 0) is 32.6 Å². The number of piperazine rings is 1. The fraction of sp³-hybridized carbons (Fsp3) is 0.333. The molecule has 0 spiro atoms. The van der Waals surface area contributed by atoms with Crippen LogP contribution in [0.4, 0.5) is 0 Å². The third-order valence-electron chi connectivity index (χ3n) is 7.52. The molecule has 5 rings (SSSR count). The summed E-state index contributed by atoms with van der Waals surface area (Å²) in [7, 11) is -3.95. The number of nitrogens with zero attached hydrogens (tertiary/aromatic N) is 1. The van der Waals surface area contributed by atoms with Gasteiger partial charge in [-0.05, 0) is 72.2 Å². The summed E-state index contributed by atoms with van der Waals surface area (Å²) in [6.07, 6.45) is 2.30. The van der Waals surface area contributed by atoms with Crippen LogP contribution in [0.2, 0.25) is 0 Å². The Bertz CT molecular complexity index is 1490. The van der Waals surface area contributed by atoms with Crippen molar-refractivity contribution in [1.82, 2.24) is 14.9 Å². The van der Waals surface area contributed by atoms with Gasteiger partial charge in [0.15, 0.2) is 0 Å². The van der Waals surface area contributed by atoms with Crippen molar-refractivity contribution in [3.8, 4) is 11.1 Å². The van der Waals surface area contributed by atoms with E-state index >= 15 is 0 Å². The molecule has 2 amide bonds. The monoisotopic (exact) mass is 547 g/mol. The summed E-state index contributed by atoms with van der Waals surface area (Å²) < 4.78 is 27.9. The molecule has 1 aliphatic heterocycles. The predicted molar refractivity (Wildman–Crippen MR) is 148 cm³/mol. The Kier molecular flexibility index (Phi) is 7.83. The maximum Gasteiger partial charge on any atom is 0.243 e. The first kappa shape index (κ1) is 27.1. The normalized spacial score (nSPS) is 19.7. The summed E-state index contributed by atoms with van der Waals surface area (Å²) in [5.74, 6) is -0.829. The molecule has 2 atom stereocenters. The van der Waals surface area contributed by atoms with Crippen molar-refractivity contribution in [1.29, 1.82) is 0 Å². The van der Waals surface area contributed by atoms with Crippen molar-refractivity contribution < 1.29 is 23.1 Å². The summed E-state index contributed by atoms with van der Waals surface area (Å²) in [6.45, 7) is 2.15. The topological polar surface area (TPSA) is 116 Å². The number of carbonyl (C=O) groups excluding carboxylic acids is 2. The molecule has 0 saturated carbocycles. The average molecular weight is 548 g/mol. The van der Waals surface area contributed by atoms with Gasteiger partial charge < -0.3 is 15.7 Å². The van der Waals surface area contributed by atoms with Gasteiger partial charge in [0.1, 0.15) is 6.04 Å². The van der Waals surface area contributed by atoms with Crippen molar-refractivity contribution in [3.05, 3.63) is 89.0 Å². The van der Waals surface area contributed by atoms with E-state index in [1.165, 1.54) is 12.1 Å². The van der Waals surface area contributed by atoms with Crippen LogP contribution in [0.1, 0.15) is 47.6 Å². The molecule has 204 valence electrons. The Morgan fingerprint density at radius 2 is 1.85 bits per heavy atom. The predicted octanol–water partition coefficient (Wildman–Crippen LogP) is 3.23. The van der Waals surface area contributed by atoms with E-state index in [9.17, 15) is 23.1 Å². The zero-order valence-corrected chi connectivity index (χ0v) is 22.7. The highest BCUT2D eigenvalue weighted by atomic mass is 32.2. The molecule has 3 N–H and O–H groups in total. The van der Waals surface area contributed by atoms with Crippen LogP contribution in [0.15, 0.2) is 71.6 Å². The second-order valence-corrected chi connectivity index (χ2v) is 12.1. The minimum absolute atomic E-state index is 0.0182. The number of sulfonamides is 1. The van der Waals surface area contributed by atoms with Gasteiger partial charge in [-0.2, -0.15) is 4.31 Å². The highest BCUT2D eigenvalue weighted by Crippen LogP contribution is 2.33. The Morgan fingerprint density at radius 3 is 2.62 bits per heavy atom. The van der Waals surface area contributed by atoms with Crippen LogP contribution >= 0.6 is 0 Å². The standard InChI is InChI=1S/C30H33N3O5S/c1-20-8-11-25(12-9-20)39(37,38)33-15-14-31-30(36)28(33)18-29(35)32-27-7-3-6-24-17-23(10-13-26(24)27)22-5-2-4-21(16-22)19-34/h2,4-5,8-13,16-17,27-28,34H,3,6-7,14-15,18-19H2,1H3,(H,31,36)(H,32,35)/t27-,28-/m1/s1. The molecular weight excluding hydrogens is 514 g/mol. The number of carbonyl (C=O) groups is 2. The van der Waals surface area contributed by atoms with Crippen LogP contribution in [0.25, 0.3) is 11.1 Å². The van der Waals surface area contributed by atoms with E-state index in [-0.39, 0.29) is 43.0 Å².